The third kappa shape index (κ3) is 11.7. The van der Waals surface area contributed by atoms with Crippen LogP contribution in [0.25, 0.3) is 252 Å². The van der Waals surface area contributed by atoms with Gasteiger partial charge in [-0.2, -0.15) is 0 Å². The monoisotopic (exact) mass is 1710 g/mol. The van der Waals surface area contributed by atoms with E-state index in [4.69, 9.17) is 26.5 Å². The van der Waals surface area contributed by atoms with Gasteiger partial charge in [-0.3, -0.25) is 0 Å². The van der Waals surface area contributed by atoms with E-state index in [1.54, 1.807) is 0 Å². The Kier molecular flexibility index (Phi) is 16.7. The van der Waals surface area contributed by atoms with Gasteiger partial charge in [0.1, 0.15) is 55.8 Å². The Balaban J connectivity index is 0.000000134. The van der Waals surface area contributed by atoms with Gasteiger partial charge >= 0.3 is 0 Å². The second kappa shape index (κ2) is 29.8. The first-order chi connectivity index (χ1) is 66.4. The van der Waals surface area contributed by atoms with Crippen molar-refractivity contribution >= 4 is 230 Å². The van der Waals surface area contributed by atoms with E-state index in [0.29, 0.717) is 0 Å². The van der Waals surface area contributed by atoms with Crippen LogP contribution in [0.4, 0.5) is 34.1 Å². The van der Waals surface area contributed by atoms with Crippen LogP contribution < -0.4 is 9.80 Å². The lowest BCUT2D eigenvalue weighted by atomic mass is 9.95. The quantitative estimate of drug-likeness (QED) is 0.127. The molecule has 0 saturated carbocycles. The molecule has 23 aromatic carbocycles. The smallest absolute Gasteiger partial charge is 0.160 e. The van der Waals surface area contributed by atoms with Crippen LogP contribution >= 0.6 is 0 Å². The summed E-state index contributed by atoms with van der Waals surface area (Å²) in [5.74, 6) is 0. The van der Waals surface area contributed by atoms with Crippen LogP contribution in [0.3, 0.4) is 0 Å². The van der Waals surface area contributed by atoms with Gasteiger partial charge in [-0.15, -0.1) is 0 Å². The van der Waals surface area contributed by atoms with Gasteiger partial charge < -0.3 is 36.3 Å². The van der Waals surface area contributed by atoms with Crippen molar-refractivity contribution < 1.29 is 26.5 Å². The zero-order valence-electron chi connectivity index (χ0n) is 72.1. The molecule has 6 heterocycles. The number of hydrogen-bond acceptors (Lipinski definition) is 8. The Morgan fingerprint density at radius 1 is 0.134 bits per heavy atom. The standard InChI is InChI=1S/C66H39NO3.C60H35NO3/c1-2-13-40(14-3-1)56-39-45-17-6-9-20-50(45)62-55-25-12-26-57(65(55)70-66(56)62)67(46-33-27-43(28-34-46)51-21-10-23-53-60-48-18-7-4-15-41(48)31-37-58(60)68-63(51)53)47-35-29-44(30-36-47)52-22-11-24-54-61-49-19-8-5-16-42(49)32-38-59(61)69-64(52)54;1-4-16-43-38(13-1)33-49(58-55(43)46-19-7-10-22-52(46)62-58)36-25-29-41(30-26-36)61(51-35-40-15-3-6-18-45(40)57-48-21-9-12-24-54(48)64-60(51)57)42-31-27-37(28-32-42)50-34-39-14-2-5-17-44(39)56-47-20-8-11-23-53(47)63-59(50)56/h1-39H;1-35H. The molecule has 29 rings (SSSR count). The molecule has 0 unspecified atom stereocenters. The topological polar surface area (TPSA) is 85.3 Å². The molecule has 8 nitrogen and oxygen atoms in total. The summed E-state index contributed by atoms with van der Waals surface area (Å²) in [6, 6.07) is 160. The number of anilines is 6. The zero-order valence-corrected chi connectivity index (χ0v) is 72.1. The molecule has 0 aliphatic carbocycles. The number of furan rings is 6. The largest absolute Gasteiger partial charge is 0.455 e. The molecule has 0 aliphatic rings. The maximum atomic E-state index is 7.24. The first-order valence-electron chi connectivity index (χ1n) is 45.5. The third-order valence-corrected chi connectivity index (χ3v) is 27.6. The fourth-order valence-electron chi connectivity index (χ4n) is 21.5. The summed E-state index contributed by atoms with van der Waals surface area (Å²) in [6.07, 6.45) is 0. The van der Waals surface area contributed by atoms with Crippen molar-refractivity contribution in [1.29, 1.82) is 0 Å². The lowest BCUT2D eigenvalue weighted by molar-refractivity contribution is 0.669. The molecule has 0 spiro atoms. The predicted molar refractivity (Wildman–Crippen MR) is 558 cm³/mol. The molecular formula is C126H74N2O6. The molecule has 0 amide bonds. The van der Waals surface area contributed by atoms with Gasteiger partial charge in [-0.1, -0.05) is 340 Å². The second-order valence-electron chi connectivity index (χ2n) is 35.0. The number of para-hydroxylation sites is 6. The molecule has 134 heavy (non-hydrogen) atoms. The predicted octanol–water partition coefficient (Wildman–Crippen LogP) is 37.0. The van der Waals surface area contributed by atoms with E-state index in [1.807, 2.05) is 18.2 Å². The van der Waals surface area contributed by atoms with Gasteiger partial charge in [0, 0.05) is 115 Å². The van der Waals surface area contributed by atoms with Crippen molar-refractivity contribution in [3.63, 3.8) is 0 Å². The maximum absolute atomic E-state index is 7.24. The highest BCUT2D eigenvalue weighted by atomic mass is 16.4. The normalized spacial score (nSPS) is 12.0. The van der Waals surface area contributed by atoms with Crippen molar-refractivity contribution in [2.24, 2.45) is 0 Å². The zero-order chi connectivity index (χ0) is 87.7. The van der Waals surface area contributed by atoms with Crippen molar-refractivity contribution in [2.75, 3.05) is 9.80 Å². The first-order valence-corrected chi connectivity index (χ1v) is 45.5. The Morgan fingerprint density at radius 2 is 0.410 bits per heavy atom. The van der Waals surface area contributed by atoms with Crippen molar-refractivity contribution in [3.05, 3.63) is 449 Å². The summed E-state index contributed by atoms with van der Waals surface area (Å²) in [4.78, 5) is 4.66. The third-order valence-electron chi connectivity index (χ3n) is 27.6. The van der Waals surface area contributed by atoms with Crippen LogP contribution in [-0.2, 0) is 0 Å². The molecule has 0 aliphatic heterocycles. The highest BCUT2D eigenvalue weighted by Gasteiger charge is 2.29. The minimum absolute atomic E-state index is 0.817. The molecule has 0 radical (unpaired) electrons. The van der Waals surface area contributed by atoms with Crippen LogP contribution in [-0.4, -0.2) is 0 Å². The summed E-state index contributed by atoms with van der Waals surface area (Å²) >= 11 is 0. The van der Waals surface area contributed by atoms with Crippen molar-refractivity contribution in [2.45, 2.75) is 0 Å². The molecule has 0 atom stereocenters. The average molecular weight is 1710 g/mol. The fraction of sp³-hybridized carbons (Fsp3) is 0. The van der Waals surface area contributed by atoms with Crippen molar-refractivity contribution in [3.8, 4) is 55.6 Å². The van der Waals surface area contributed by atoms with E-state index in [9.17, 15) is 0 Å². The molecular weight excluding hydrogens is 1640 g/mol. The van der Waals surface area contributed by atoms with E-state index in [-0.39, 0.29) is 0 Å². The summed E-state index contributed by atoms with van der Waals surface area (Å²) < 4.78 is 40.8. The Bertz CT molecular complexity index is 9510. The SMILES string of the molecule is c1ccc(-c2cc3ccccc3c3c2oc2c(N(c4ccc(-c5cccc6c5oc5ccc7ccccc7c56)cc4)c4ccc(-c5cccc6c5oc5ccc7ccccc7c56)cc4)cccc23)cc1.c1ccc2c(c1)cc(-c1ccc(N(c3ccc(-c4cc5ccccc5c5c4oc4ccccc45)cc3)c3cc4ccccc4c4c3oc3ccccc34)cc1)c1oc3ccccc3c12. The van der Waals surface area contributed by atoms with E-state index in [1.165, 1.54) is 48.5 Å². The van der Waals surface area contributed by atoms with Crippen molar-refractivity contribution in [1.82, 2.24) is 0 Å². The highest BCUT2D eigenvalue weighted by Crippen LogP contribution is 2.53. The highest BCUT2D eigenvalue weighted by molar-refractivity contribution is 6.29. The summed E-state index contributed by atoms with van der Waals surface area (Å²) in [7, 11) is 0. The van der Waals surface area contributed by atoms with E-state index < -0.39 is 0 Å². The van der Waals surface area contributed by atoms with Gasteiger partial charge in [0.2, 0.25) is 0 Å². The number of benzene rings is 23. The average Bonchev–Trinajstić information content (AvgIpc) is 1.56. The molecule has 0 bridgehead atoms. The summed E-state index contributed by atoms with van der Waals surface area (Å²) in [5, 5.41) is 27.6. The minimum atomic E-state index is 0.817. The van der Waals surface area contributed by atoms with Crippen LogP contribution in [0.5, 0.6) is 0 Å². The van der Waals surface area contributed by atoms with Gasteiger partial charge in [-0.25, -0.2) is 0 Å². The lowest BCUT2D eigenvalue weighted by Crippen LogP contribution is -2.10. The molecule has 624 valence electrons. The van der Waals surface area contributed by atoms with Crippen LogP contribution in [0, 0.1) is 0 Å². The molecule has 0 fully saturated rings. The number of fused-ring (bicyclic) bond motifs is 30. The molecule has 8 heteroatoms. The van der Waals surface area contributed by atoms with Crippen LogP contribution in [0.1, 0.15) is 0 Å². The van der Waals surface area contributed by atoms with E-state index in [2.05, 4.69) is 441 Å². The number of rotatable bonds is 11. The van der Waals surface area contributed by atoms with E-state index >= 15 is 0 Å². The fourth-order valence-corrected chi connectivity index (χ4v) is 21.5. The maximum Gasteiger partial charge on any atom is 0.160 e. The summed E-state index contributed by atoms with van der Waals surface area (Å²) in [5.41, 5.74) is 27.1. The molecule has 0 saturated heterocycles. The van der Waals surface area contributed by atoms with Crippen LogP contribution in [0.15, 0.2) is 475 Å². The lowest BCUT2D eigenvalue weighted by Gasteiger charge is -2.26. The van der Waals surface area contributed by atoms with Gasteiger partial charge in [0.05, 0.1) is 11.4 Å². The van der Waals surface area contributed by atoms with E-state index in [0.717, 1.165) is 238 Å². The van der Waals surface area contributed by atoms with Crippen LogP contribution in [0.2, 0.25) is 0 Å². The van der Waals surface area contributed by atoms with Gasteiger partial charge in [0.25, 0.3) is 0 Å². The summed E-state index contributed by atoms with van der Waals surface area (Å²) in [6.45, 7) is 0. The second-order valence-corrected chi connectivity index (χ2v) is 35.0. The van der Waals surface area contributed by atoms with Gasteiger partial charge in [-0.05, 0) is 202 Å². The minimum Gasteiger partial charge on any atom is -0.455 e. The van der Waals surface area contributed by atoms with Gasteiger partial charge in [0.15, 0.2) is 11.2 Å². The number of nitrogens with zero attached hydrogens (tertiary/aromatic N) is 2. The molecule has 29 aromatic rings. The Morgan fingerprint density at radius 3 is 0.821 bits per heavy atom. The number of hydrogen-bond donors (Lipinski definition) is 0. The molecule has 0 N–H and O–H groups in total. The Hall–Kier alpha value is -18.0. The first kappa shape index (κ1) is 75.0. The Labute approximate surface area is 766 Å². The molecule has 6 aromatic heterocycles.